The molecular formula is C16H16Cl2O. The van der Waals surface area contributed by atoms with Gasteiger partial charge >= 0.3 is 0 Å². The van der Waals surface area contributed by atoms with E-state index in [1.807, 2.05) is 37.3 Å². The number of rotatable bonds is 4. The molecule has 1 nitrogen and oxygen atoms in total. The normalized spacial score (nSPS) is 14.1. The van der Waals surface area contributed by atoms with E-state index in [2.05, 4.69) is 0 Å². The second-order valence-electron chi connectivity index (χ2n) is 4.67. The highest BCUT2D eigenvalue weighted by atomic mass is 35.5. The van der Waals surface area contributed by atoms with Crippen molar-refractivity contribution in [1.82, 2.24) is 0 Å². The summed E-state index contributed by atoms with van der Waals surface area (Å²) in [6, 6.07) is 15.1. The van der Waals surface area contributed by atoms with Gasteiger partial charge in [-0.3, -0.25) is 0 Å². The van der Waals surface area contributed by atoms with Gasteiger partial charge in [-0.2, -0.15) is 0 Å². The van der Waals surface area contributed by atoms with E-state index >= 15 is 0 Å². The minimum Gasteiger partial charge on any atom is -0.385 e. The highest BCUT2D eigenvalue weighted by Gasteiger charge is 2.30. The summed E-state index contributed by atoms with van der Waals surface area (Å²) in [6.07, 6.45) is 1.09. The second kappa shape index (κ2) is 5.96. The van der Waals surface area contributed by atoms with Gasteiger partial charge in [0, 0.05) is 22.0 Å². The lowest BCUT2D eigenvalue weighted by molar-refractivity contribution is 0.0328. The van der Waals surface area contributed by atoms with Crippen LogP contribution in [0.2, 0.25) is 10.0 Å². The number of hydrogen-bond acceptors (Lipinski definition) is 1. The summed E-state index contributed by atoms with van der Waals surface area (Å²) >= 11 is 12.2. The van der Waals surface area contributed by atoms with Crippen LogP contribution >= 0.6 is 23.2 Å². The molecule has 0 aliphatic rings. The zero-order valence-corrected chi connectivity index (χ0v) is 12.2. The van der Waals surface area contributed by atoms with Crippen LogP contribution in [0, 0.1) is 0 Å². The molecule has 1 unspecified atom stereocenters. The Morgan fingerprint density at radius 3 is 2.37 bits per heavy atom. The van der Waals surface area contributed by atoms with Crippen LogP contribution in [0.4, 0.5) is 0 Å². The molecule has 0 fully saturated rings. The topological polar surface area (TPSA) is 20.2 Å². The van der Waals surface area contributed by atoms with Crippen molar-refractivity contribution in [3.8, 4) is 0 Å². The fourth-order valence-corrected chi connectivity index (χ4v) is 2.66. The fourth-order valence-electron chi connectivity index (χ4n) is 2.20. The van der Waals surface area contributed by atoms with E-state index in [1.165, 1.54) is 0 Å². The van der Waals surface area contributed by atoms with Crippen LogP contribution in [0.5, 0.6) is 0 Å². The number of hydrogen-bond donors (Lipinski definition) is 1. The molecule has 0 heterocycles. The van der Waals surface area contributed by atoms with Crippen molar-refractivity contribution in [2.45, 2.75) is 25.4 Å². The average molecular weight is 295 g/mol. The maximum Gasteiger partial charge on any atom is 0.0948 e. The quantitative estimate of drug-likeness (QED) is 0.856. The van der Waals surface area contributed by atoms with Crippen LogP contribution < -0.4 is 0 Å². The van der Waals surface area contributed by atoms with E-state index in [1.54, 1.807) is 18.2 Å². The fraction of sp³-hybridized carbons (Fsp3) is 0.250. The van der Waals surface area contributed by atoms with Gasteiger partial charge in [-0.25, -0.2) is 0 Å². The third-order valence-corrected chi connectivity index (χ3v) is 3.92. The van der Waals surface area contributed by atoms with Crippen LogP contribution in [-0.2, 0) is 12.0 Å². The maximum absolute atomic E-state index is 10.9. The van der Waals surface area contributed by atoms with Crippen molar-refractivity contribution in [3.05, 3.63) is 69.7 Å². The molecule has 0 spiro atoms. The van der Waals surface area contributed by atoms with Gasteiger partial charge in [0.1, 0.15) is 0 Å². The van der Waals surface area contributed by atoms with Crippen LogP contribution in [0.1, 0.15) is 24.5 Å². The van der Waals surface area contributed by atoms with E-state index < -0.39 is 5.60 Å². The molecule has 3 heteroatoms. The highest BCUT2D eigenvalue weighted by Crippen LogP contribution is 2.35. The Bertz CT molecular complexity index is 554. The molecule has 0 aliphatic carbocycles. The maximum atomic E-state index is 10.9. The molecule has 0 radical (unpaired) electrons. The van der Waals surface area contributed by atoms with Crippen molar-refractivity contribution in [2.75, 3.05) is 0 Å². The molecule has 0 amide bonds. The zero-order valence-electron chi connectivity index (χ0n) is 10.7. The molecular weight excluding hydrogens is 279 g/mol. The van der Waals surface area contributed by atoms with E-state index in [-0.39, 0.29) is 0 Å². The summed E-state index contributed by atoms with van der Waals surface area (Å²) in [7, 11) is 0. The van der Waals surface area contributed by atoms with Crippen molar-refractivity contribution in [2.24, 2.45) is 0 Å². The van der Waals surface area contributed by atoms with E-state index in [0.29, 0.717) is 28.5 Å². The Morgan fingerprint density at radius 1 is 1.05 bits per heavy atom. The van der Waals surface area contributed by atoms with Gasteiger partial charge < -0.3 is 5.11 Å². The Labute approximate surface area is 123 Å². The minimum atomic E-state index is -0.997. The first kappa shape index (κ1) is 14.4. The molecule has 0 saturated heterocycles. The van der Waals surface area contributed by atoms with Gasteiger partial charge in [0.25, 0.3) is 0 Å². The lowest BCUT2D eigenvalue weighted by Gasteiger charge is -2.28. The summed E-state index contributed by atoms with van der Waals surface area (Å²) in [6.45, 7) is 1.94. The Hall–Kier alpha value is -1.02. The predicted octanol–water partition coefficient (Wildman–Crippen LogP) is 4.83. The molecule has 2 aromatic rings. The zero-order chi connectivity index (χ0) is 13.9. The lowest BCUT2D eigenvalue weighted by atomic mass is 9.85. The van der Waals surface area contributed by atoms with Gasteiger partial charge in [-0.1, -0.05) is 60.5 Å². The average Bonchev–Trinajstić information content (AvgIpc) is 2.42. The number of benzene rings is 2. The summed E-state index contributed by atoms with van der Waals surface area (Å²) < 4.78 is 0. The number of halogens is 2. The third kappa shape index (κ3) is 3.30. The molecule has 1 N–H and O–H groups in total. The highest BCUT2D eigenvalue weighted by molar-refractivity contribution is 6.33. The molecule has 0 aliphatic heterocycles. The standard InChI is InChI=1S/C16H16Cl2O/c1-2-16(19,11-12-6-4-3-5-7-12)14-10-13(17)8-9-15(14)18/h3-10,19H,2,11H2,1H3. The van der Waals surface area contributed by atoms with Crippen LogP contribution in [0.25, 0.3) is 0 Å². The van der Waals surface area contributed by atoms with Gasteiger partial charge in [-0.15, -0.1) is 0 Å². The molecule has 0 aromatic heterocycles. The first-order chi connectivity index (χ1) is 9.05. The largest absolute Gasteiger partial charge is 0.385 e. The van der Waals surface area contributed by atoms with Crippen LogP contribution in [0.3, 0.4) is 0 Å². The first-order valence-corrected chi connectivity index (χ1v) is 7.02. The smallest absolute Gasteiger partial charge is 0.0948 e. The monoisotopic (exact) mass is 294 g/mol. The van der Waals surface area contributed by atoms with Crippen molar-refractivity contribution >= 4 is 23.2 Å². The van der Waals surface area contributed by atoms with E-state index in [4.69, 9.17) is 23.2 Å². The molecule has 2 rings (SSSR count). The summed E-state index contributed by atoms with van der Waals surface area (Å²) in [5.74, 6) is 0. The Morgan fingerprint density at radius 2 is 1.74 bits per heavy atom. The van der Waals surface area contributed by atoms with Gasteiger partial charge in [-0.05, 0) is 30.2 Å². The summed E-state index contributed by atoms with van der Waals surface area (Å²) in [5, 5.41) is 12.0. The molecule has 1 atom stereocenters. The Balaban J connectivity index is 2.39. The van der Waals surface area contributed by atoms with Crippen molar-refractivity contribution in [1.29, 1.82) is 0 Å². The molecule has 19 heavy (non-hydrogen) atoms. The molecule has 2 aromatic carbocycles. The van der Waals surface area contributed by atoms with Gasteiger partial charge in [0.05, 0.1) is 5.60 Å². The molecule has 0 bridgehead atoms. The Kier molecular flexibility index (Phi) is 4.51. The summed E-state index contributed by atoms with van der Waals surface area (Å²) in [5.41, 5.74) is 0.763. The minimum absolute atomic E-state index is 0.518. The van der Waals surface area contributed by atoms with Crippen molar-refractivity contribution in [3.63, 3.8) is 0 Å². The predicted molar refractivity (Wildman–Crippen MR) is 80.8 cm³/mol. The summed E-state index contributed by atoms with van der Waals surface area (Å²) in [4.78, 5) is 0. The van der Waals surface area contributed by atoms with E-state index in [0.717, 1.165) is 5.56 Å². The lowest BCUT2D eigenvalue weighted by Crippen LogP contribution is -2.28. The van der Waals surface area contributed by atoms with Crippen molar-refractivity contribution < 1.29 is 5.11 Å². The molecule has 0 saturated carbocycles. The SMILES string of the molecule is CCC(O)(Cc1ccccc1)c1cc(Cl)ccc1Cl. The van der Waals surface area contributed by atoms with E-state index in [9.17, 15) is 5.11 Å². The third-order valence-electron chi connectivity index (χ3n) is 3.35. The van der Waals surface area contributed by atoms with Gasteiger partial charge in [0.15, 0.2) is 0 Å². The van der Waals surface area contributed by atoms with Gasteiger partial charge in [0.2, 0.25) is 0 Å². The molecule has 100 valence electrons. The van der Waals surface area contributed by atoms with Crippen LogP contribution in [-0.4, -0.2) is 5.11 Å². The second-order valence-corrected chi connectivity index (χ2v) is 5.52. The first-order valence-electron chi connectivity index (χ1n) is 6.27. The number of aliphatic hydroxyl groups is 1. The van der Waals surface area contributed by atoms with Crippen LogP contribution in [0.15, 0.2) is 48.5 Å².